The summed E-state index contributed by atoms with van der Waals surface area (Å²) in [5, 5.41) is 6.38. The van der Waals surface area contributed by atoms with Crippen LogP contribution in [0.5, 0.6) is 0 Å². The zero-order chi connectivity index (χ0) is 16.2. The standard InChI is InChI=1S/C17H28FN3O.HI/c1-4-6-10-22-11-9-20-17(19-5-2)21-13-15-8-7-14(3)16(18)12-15;/h7-8,12H,4-6,9-11,13H2,1-3H3,(H2,19,20,21);1H. The second kappa shape index (κ2) is 13.5. The van der Waals surface area contributed by atoms with Gasteiger partial charge in [-0.05, 0) is 37.5 Å². The van der Waals surface area contributed by atoms with Gasteiger partial charge in [-0.3, -0.25) is 0 Å². The normalized spacial score (nSPS) is 11.0. The second-order valence-corrected chi connectivity index (χ2v) is 5.17. The third-order valence-electron chi connectivity index (χ3n) is 3.18. The largest absolute Gasteiger partial charge is 0.380 e. The van der Waals surface area contributed by atoms with Gasteiger partial charge in [0.25, 0.3) is 0 Å². The highest BCUT2D eigenvalue weighted by Gasteiger charge is 2.00. The van der Waals surface area contributed by atoms with Crippen LogP contribution >= 0.6 is 24.0 Å². The van der Waals surface area contributed by atoms with Crippen molar-refractivity contribution in [3.63, 3.8) is 0 Å². The van der Waals surface area contributed by atoms with Crippen molar-refractivity contribution >= 4 is 29.9 Å². The van der Waals surface area contributed by atoms with Crippen LogP contribution in [0.3, 0.4) is 0 Å². The van der Waals surface area contributed by atoms with Gasteiger partial charge < -0.3 is 15.4 Å². The number of hydrogen-bond donors (Lipinski definition) is 2. The number of halogens is 2. The fourth-order valence-electron chi connectivity index (χ4n) is 1.84. The number of nitrogens with zero attached hydrogens (tertiary/aromatic N) is 1. The van der Waals surface area contributed by atoms with E-state index in [2.05, 4.69) is 22.5 Å². The monoisotopic (exact) mass is 437 g/mol. The van der Waals surface area contributed by atoms with E-state index in [1.165, 1.54) is 6.07 Å². The highest BCUT2D eigenvalue weighted by Crippen LogP contribution is 2.09. The average Bonchev–Trinajstić information content (AvgIpc) is 2.51. The zero-order valence-corrected chi connectivity index (χ0v) is 16.7. The van der Waals surface area contributed by atoms with Crippen molar-refractivity contribution in [1.29, 1.82) is 0 Å². The maximum Gasteiger partial charge on any atom is 0.191 e. The molecule has 0 aliphatic heterocycles. The number of aliphatic imine (C=N–C) groups is 1. The fourth-order valence-corrected chi connectivity index (χ4v) is 1.84. The van der Waals surface area contributed by atoms with E-state index in [1.54, 1.807) is 13.0 Å². The van der Waals surface area contributed by atoms with Gasteiger partial charge in [0.15, 0.2) is 5.96 Å². The molecular formula is C17H29FIN3O. The van der Waals surface area contributed by atoms with E-state index in [-0.39, 0.29) is 29.8 Å². The van der Waals surface area contributed by atoms with Gasteiger partial charge in [0, 0.05) is 19.7 Å². The van der Waals surface area contributed by atoms with E-state index >= 15 is 0 Å². The molecule has 23 heavy (non-hydrogen) atoms. The molecule has 0 saturated heterocycles. The van der Waals surface area contributed by atoms with Crippen LogP contribution in [0.15, 0.2) is 23.2 Å². The van der Waals surface area contributed by atoms with Crippen molar-refractivity contribution in [2.24, 2.45) is 4.99 Å². The molecule has 0 aliphatic carbocycles. The second-order valence-electron chi connectivity index (χ2n) is 5.17. The Bertz CT molecular complexity index is 469. The lowest BCUT2D eigenvalue weighted by Crippen LogP contribution is -2.39. The molecule has 0 unspecified atom stereocenters. The van der Waals surface area contributed by atoms with E-state index in [4.69, 9.17) is 4.74 Å². The smallest absolute Gasteiger partial charge is 0.191 e. The summed E-state index contributed by atoms with van der Waals surface area (Å²) in [6.07, 6.45) is 2.23. The van der Waals surface area contributed by atoms with Gasteiger partial charge in [0.05, 0.1) is 13.2 Å². The molecular weight excluding hydrogens is 408 g/mol. The topological polar surface area (TPSA) is 45.6 Å². The third kappa shape index (κ3) is 9.76. The SMILES string of the molecule is CCCCOCCNC(=NCc1ccc(C)c(F)c1)NCC.I. The first-order chi connectivity index (χ1) is 10.7. The Morgan fingerprint density at radius 2 is 2.00 bits per heavy atom. The first-order valence-corrected chi connectivity index (χ1v) is 8.02. The lowest BCUT2D eigenvalue weighted by Gasteiger charge is -2.11. The van der Waals surface area contributed by atoms with Crippen LogP contribution in [0.2, 0.25) is 0 Å². The summed E-state index contributed by atoms with van der Waals surface area (Å²) in [5.41, 5.74) is 1.52. The highest BCUT2D eigenvalue weighted by atomic mass is 127. The molecule has 132 valence electrons. The molecule has 4 nitrogen and oxygen atoms in total. The minimum atomic E-state index is -0.185. The molecule has 1 rings (SSSR count). The summed E-state index contributed by atoms with van der Waals surface area (Å²) in [6.45, 7) is 9.31. The lowest BCUT2D eigenvalue weighted by molar-refractivity contribution is 0.136. The fraction of sp³-hybridized carbons (Fsp3) is 0.588. The van der Waals surface area contributed by atoms with E-state index < -0.39 is 0 Å². The minimum Gasteiger partial charge on any atom is -0.380 e. The number of nitrogens with one attached hydrogen (secondary N) is 2. The first kappa shape index (κ1) is 22.1. The van der Waals surface area contributed by atoms with Gasteiger partial charge in [-0.15, -0.1) is 24.0 Å². The summed E-state index contributed by atoms with van der Waals surface area (Å²) in [7, 11) is 0. The summed E-state index contributed by atoms with van der Waals surface area (Å²) < 4.78 is 19.0. The number of aryl methyl sites for hydroxylation is 1. The molecule has 6 heteroatoms. The van der Waals surface area contributed by atoms with Crippen molar-refractivity contribution in [3.8, 4) is 0 Å². The highest BCUT2D eigenvalue weighted by molar-refractivity contribution is 14.0. The van der Waals surface area contributed by atoms with Crippen LogP contribution in [0, 0.1) is 12.7 Å². The predicted octanol–water partition coefficient (Wildman–Crippen LogP) is 3.62. The van der Waals surface area contributed by atoms with Gasteiger partial charge in [0.2, 0.25) is 0 Å². The van der Waals surface area contributed by atoms with Gasteiger partial charge in [0.1, 0.15) is 5.82 Å². The van der Waals surface area contributed by atoms with Crippen LogP contribution in [0.1, 0.15) is 37.8 Å². The minimum absolute atomic E-state index is 0. The van der Waals surface area contributed by atoms with Crippen molar-refractivity contribution < 1.29 is 9.13 Å². The quantitative estimate of drug-likeness (QED) is 0.269. The Morgan fingerprint density at radius 3 is 2.65 bits per heavy atom. The van der Waals surface area contributed by atoms with E-state index in [0.29, 0.717) is 25.3 Å². The zero-order valence-electron chi connectivity index (χ0n) is 14.3. The Kier molecular flexibility index (Phi) is 13.0. The van der Waals surface area contributed by atoms with Crippen molar-refractivity contribution in [2.45, 2.75) is 40.2 Å². The number of rotatable bonds is 9. The summed E-state index contributed by atoms with van der Waals surface area (Å²) in [4.78, 5) is 4.46. The molecule has 1 aromatic rings. The molecule has 0 fully saturated rings. The van der Waals surface area contributed by atoms with Gasteiger partial charge in [-0.2, -0.15) is 0 Å². The Balaban J connectivity index is 0.00000484. The summed E-state index contributed by atoms with van der Waals surface area (Å²) in [6, 6.07) is 5.22. The number of ether oxygens (including phenoxy) is 1. The Hall–Kier alpha value is -0.890. The van der Waals surface area contributed by atoms with Crippen molar-refractivity contribution in [3.05, 3.63) is 35.1 Å². The molecule has 0 bridgehead atoms. The van der Waals surface area contributed by atoms with Crippen molar-refractivity contribution in [2.75, 3.05) is 26.3 Å². The van der Waals surface area contributed by atoms with Crippen LogP contribution in [-0.4, -0.2) is 32.3 Å². The third-order valence-corrected chi connectivity index (χ3v) is 3.18. The molecule has 0 aliphatic rings. The van der Waals surface area contributed by atoms with E-state index in [0.717, 1.165) is 37.5 Å². The molecule has 0 aromatic heterocycles. The molecule has 2 N–H and O–H groups in total. The van der Waals surface area contributed by atoms with Crippen LogP contribution in [0.4, 0.5) is 4.39 Å². The maximum atomic E-state index is 13.5. The number of benzene rings is 1. The average molecular weight is 437 g/mol. The lowest BCUT2D eigenvalue weighted by atomic mass is 10.1. The summed E-state index contributed by atoms with van der Waals surface area (Å²) in [5.74, 6) is 0.539. The number of hydrogen-bond acceptors (Lipinski definition) is 2. The van der Waals surface area contributed by atoms with E-state index in [9.17, 15) is 4.39 Å². The van der Waals surface area contributed by atoms with Crippen LogP contribution < -0.4 is 10.6 Å². The molecule has 0 atom stereocenters. The van der Waals surface area contributed by atoms with Gasteiger partial charge in [-0.1, -0.05) is 25.5 Å². The van der Waals surface area contributed by atoms with Gasteiger partial charge >= 0.3 is 0 Å². The number of guanidine groups is 1. The molecule has 1 aromatic carbocycles. The molecule has 0 radical (unpaired) electrons. The molecule has 0 heterocycles. The maximum absolute atomic E-state index is 13.5. The van der Waals surface area contributed by atoms with E-state index in [1.807, 2.05) is 13.0 Å². The molecule has 0 spiro atoms. The van der Waals surface area contributed by atoms with Crippen molar-refractivity contribution in [1.82, 2.24) is 10.6 Å². The van der Waals surface area contributed by atoms with Crippen LogP contribution in [0.25, 0.3) is 0 Å². The number of unbranched alkanes of at least 4 members (excludes halogenated alkanes) is 1. The summed E-state index contributed by atoms with van der Waals surface area (Å²) >= 11 is 0. The van der Waals surface area contributed by atoms with Crippen LogP contribution in [-0.2, 0) is 11.3 Å². The first-order valence-electron chi connectivity index (χ1n) is 8.02. The Labute approximate surface area is 156 Å². The molecule has 0 amide bonds. The molecule has 0 saturated carbocycles. The predicted molar refractivity (Wildman–Crippen MR) is 105 cm³/mol. The van der Waals surface area contributed by atoms with Gasteiger partial charge in [-0.25, -0.2) is 9.38 Å². The Morgan fingerprint density at radius 1 is 1.22 bits per heavy atom.